The predicted octanol–water partition coefficient (Wildman–Crippen LogP) is 2.15. The van der Waals surface area contributed by atoms with Crippen molar-refractivity contribution in [2.75, 3.05) is 0 Å². The molecule has 2 aliphatic rings. The van der Waals surface area contributed by atoms with E-state index in [1.807, 2.05) is 11.6 Å². The number of carbonyl (C=O) groups is 1. The summed E-state index contributed by atoms with van der Waals surface area (Å²) in [6.45, 7) is 1.86. The highest BCUT2D eigenvalue weighted by molar-refractivity contribution is 6.31. The molecule has 6 heteroatoms. The van der Waals surface area contributed by atoms with E-state index in [4.69, 9.17) is 11.6 Å². The molecule has 2 atom stereocenters. The largest absolute Gasteiger partial charge is 0.480 e. The summed E-state index contributed by atoms with van der Waals surface area (Å²) >= 11 is 6.02. The van der Waals surface area contributed by atoms with Gasteiger partial charge in [0.25, 0.3) is 0 Å². The Morgan fingerprint density at radius 3 is 2.84 bits per heavy atom. The minimum absolute atomic E-state index is 0.119. The first kappa shape index (κ1) is 12.9. The first-order valence-electron chi connectivity index (χ1n) is 6.72. The first-order chi connectivity index (χ1) is 9.00. The van der Waals surface area contributed by atoms with Gasteiger partial charge in [-0.2, -0.15) is 5.10 Å². The maximum absolute atomic E-state index is 11.6. The van der Waals surface area contributed by atoms with Crippen molar-refractivity contribution in [2.45, 2.75) is 56.7 Å². The predicted molar refractivity (Wildman–Crippen MR) is 71.4 cm³/mol. The fraction of sp³-hybridized carbons (Fsp3) is 0.692. The van der Waals surface area contributed by atoms with E-state index < -0.39 is 11.5 Å². The van der Waals surface area contributed by atoms with Gasteiger partial charge in [-0.15, -0.1) is 0 Å². The molecule has 1 aromatic heterocycles. The Kier molecular flexibility index (Phi) is 3.06. The number of halogens is 1. The van der Waals surface area contributed by atoms with Crippen molar-refractivity contribution in [1.29, 1.82) is 0 Å². The Morgan fingerprint density at radius 1 is 1.58 bits per heavy atom. The Bertz CT molecular complexity index is 492. The van der Waals surface area contributed by atoms with Crippen LogP contribution in [0.5, 0.6) is 0 Å². The second kappa shape index (κ2) is 4.49. The lowest BCUT2D eigenvalue weighted by atomic mass is 9.97. The molecule has 0 aromatic carbocycles. The monoisotopic (exact) mass is 283 g/mol. The molecule has 0 saturated heterocycles. The number of rotatable bonds is 4. The van der Waals surface area contributed by atoms with Gasteiger partial charge in [0.2, 0.25) is 0 Å². The van der Waals surface area contributed by atoms with Crippen LogP contribution in [0.1, 0.15) is 43.8 Å². The van der Waals surface area contributed by atoms with Crippen molar-refractivity contribution in [1.82, 2.24) is 15.1 Å². The van der Waals surface area contributed by atoms with Crippen LogP contribution in [0.2, 0.25) is 5.02 Å². The molecule has 0 bridgehead atoms. The summed E-state index contributed by atoms with van der Waals surface area (Å²) in [6.07, 6.45) is 6.04. The topological polar surface area (TPSA) is 67.2 Å². The van der Waals surface area contributed by atoms with E-state index in [2.05, 4.69) is 10.4 Å². The van der Waals surface area contributed by atoms with Gasteiger partial charge in [-0.05, 0) is 39.0 Å². The van der Waals surface area contributed by atoms with E-state index in [0.717, 1.165) is 25.0 Å². The zero-order chi connectivity index (χ0) is 13.6. The van der Waals surface area contributed by atoms with Gasteiger partial charge in [-0.1, -0.05) is 11.6 Å². The summed E-state index contributed by atoms with van der Waals surface area (Å²) in [4.78, 5) is 11.6. The third kappa shape index (κ3) is 2.37. The van der Waals surface area contributed by atoms with E-state index >= 15 is 0 Å². The molecule has 3 rings (SSSR count). The zero-order valence-corrected chi connectivity index (χ0v) is 11.7. The van der Waals surface area contributed by atoms with E-state index in [1.165, 1.54) is 0 Å². The maximum Gasteiger partial charge on any atom is 0.323 e. The summed E-state index contributed by atoms with van der Waals surface area (Å²) in [5.74, 6) is -0.739. The van der Waals surface area contributed by atoms with Crippen molar-refractivity contribution in [3.05, 3.63) is 16.9 Å². The number of aryl methyl sites for hydroxylation is 1. The Hall–Kier alpha value is -1.07. The summed E-state index contributed by atoms with van der Waals surface area (Å²) in [5.41, 5.74) is 0.0164. The summed E-state index contributed by atoms with van der Waals surface area (Å²) in [6, 6.07) is 0.506. The fourth-order valence-electron chi connectivity index (χ4n) is 2.90. The van der Waals surface area contributed by atoms with Gasteiger partial charge in [-0.25, -0.2) is 0 Å². The number of nitrogens with one attached hydrogen (secondary N) is 1. The van der Waals surface area contributed by atoms with Crippen LogP contribution in [-0.4, -0.2) is 32.4 Å². The summed E-state index contributed by atoms with van der Waals surface area (Å²) in [5, 5.41) is 17.9. The number of aliphatic carboxylic acids is 1. The van der Waals surface area contributed by atoms with Gasteiger partial charge in [0.05, 0.1) is 16.8 Å². The molecule has 0 aliphatic heterocycles. The molecule has 0 spiro atoms. The molecule has 2 saturated carbocycles. The number of hydrogen-bond donors (Lipinski definition) is 2. The second-order valence-corrected chi connectivity index (χ2v) is 6.15. The highest BCUT2D eigenvalue weighted by Gasteiger charge is 2.48. The number of carboxylic acid groups (broad SMARTS) is 1. The van der Waals surface area contributed by atoms with E-state index in [9.17, 15) is 9.90 Å². The quantitative estimate of drug-likeness (QED) is 0.888. The van der Waals surface area contributed by atoms with Gasteiger partial charge < -0.3 is 5.11 Å². The number of hydrogen-bond acceptors (Lipinski definition) is 3. The van der Waals surface area contributed by atoms with E-state index in [0.29, 0.717) is 23.9 Å². The Morgan fingerprint density at radius 2 is 2.32 bits per heavy atom. The lowest BCUT2D eigenvalue weighted by Crippen LogP contribution is -2.51. The van der Waals surface area contributed by atoms with Gasteiger partial charge in [0, 0.05) is 12.2 Å². The van der Waals surface area contributed by atoms with Crippen LogP contribution in [0.15, 0.2) is 6.20 Å². The third-order valence-electron chi connectivity index (χ3n) is 4.19. The van der Waals surface area contributed by atoms with Crippen LogP contribution in [0.25, 0.3) is 0 Å². The third-order valence-corrected chi connectivity index (χ3v) is 4.56. The van der Waals surface area contributed by atoms with E-state index in [1.54, 1.807) is 6.20 Å². The number of nitrogens with zero attached hydrogens (tertiary/aromatic N) is 2. The average molecular weight is 284 g/mol. The molecule has 2 N–H and O–H groups in total. The lowest BCUT2D eigenvalue weighted by Gasteiger charge is -2.26. The lowest BCUT2D eigenvalue weighted by molar-refractivity contribution is -0.144. The molecule has 1 heterocycles. The Balaban J connectivity index is 1.78. The standard InChI is InChI=1S/C13H18ClN3O2/c1-8-11(14)7-17(16-8)10-4-5-13(6-10,12(18)19)15-9-2-3-9/h7,9-10,15H,2-6H2,1H3,(H,18,19). The molecule has 5 nitrogen and oxygen atoms in total. The SMILES string of the molecule is Cc1nn(C2CCC(NC3CC3)(C(=O)O)C2)cc1Cl. The zero-order valence-electron chi connectivity index (χ0n) is 10.9. The van der Waals surface area contributed by atoms with Crippen molar-refractivity contribution in [2.24, 2.45) is 0 Å². The number of aromatic nitrogens is 2. The summed E-state index contributed by atoms with van der Waals surface area (Å²) in [7, 11) is 0. The molecular weight excluding hydrogens is 266 g/mol. The highest BCUT2D eigenvalue weighted by Crippen LogP contribution is 2.40. The smallest absolute Gasteiger partial charge is 0.323 e. The molecule has 2 aliphatic carbocycles. The molecule has 1 aromatic rings. The molecule has 0 amide bonds. The fourth-order valence-corrected chi connectivity index (χ4v) is 3.03. The molecule has 0 radical (unpaired) electrons. The van der Waals surface area contributed by atoms with Crippen molar-refractivity contribution in [3.63, 3.8) is 0 Å². The van der Waals surface area contributed by atoms with E-state index in [-0.39, 0.29) is 6.04 Å². The van der Waals surface area contributed by atoms with Crippen LogP contribution in [0.3, 0.4) is 0 Å². The Labute approximate surface area is 116 Å². The first-order valence-corrected chi connectivity index (χ1v) is 7.10. The van der Waals surface area contributed by atoms with Crippen molar-refractivity contribution >= 4 is 17.6 Å². The van der Waals surface area contributed by atoms with Crippen LogP contribution in [0.4, 0.5) is 0 Å². The molecule has 19 heavy (non-hydrogen) atoms. The molecule has 2 unspecified atom stereocenters. The minimum Gasteiger partial charge on any atom is -0.480 e. The normalized spacial score (nSPS) is 30.7. The minimum atomic E-state index is -0.780. The van der Waals surface area contributed by atoms with Gasteiger partial charge in [0.15, 0.2) is 0 Å². The van der Waals surface area contributed by atoms with Gasteiger partial charge in [0.1, 0.15) is 5.54 Å². The van der Waals surface area contributed by atoms with Crippen LogP contribution in [-0.2, 0) is 4.79 Å². The second-order valence-electron chi connectivity index (χ2n) is 5.74. The highest BCUT2D eigenvalue weighted by atomic mass is 35.5. The molecular formula is C13H18ClN3O2. The average Bonchev–Trinajstić information content (AvgIpc) is 2.94. The van der Waals surface area contributed by atoms with Gasteiger partial charge in [-0.3, -0.25) is 14.8 Å². The van der Waals surface area contributed by atoms with Crippen LogP contribution in [0, 0.1) is 6.92 Å². The maximum atomic E-state index is 11.6. The number of carboxylic acids is 1. The van der Waals surface area contributed by atoms with Crippen LogP contribution >= 0.6 is 11.6 Å². The van der Waals surface area contributed by atoms with Crippen molar-refractivity contribution in [3.8, 4) is 0 Å². The summed E-state index contributed by atoms with van der Waals surface area (Å²) < 4.78 is 1.83. The van der Waals surface area contributed by atoms with Crippen molar-refractivity contribution < 1.29 is 9.90 Å². The molecule has 104 valence electrons. The molecule has 2 fully saturated rings. The van der Waals surface area contributed by atoms with Gasteiger partial charge >= 0.3 is 5.97 Å². The van der Waals surface area contributed by atoms with Crippen LogP contribution < -0.4 is 5.32 Å².